The van der Waals surface area contributed by atoms with Crippen LogP contribution in [0.25, 0.3) is 0 Å². The minimum Gasteiger partial charge on any atom is -0.497 e. The number of hydrogen-bond donors (Lipinski definition) is 2. The van der Waals surface area contributed by atoms with Gasteiger partial charge < -0.3 is 15.8 Å². The fourth-order valence-electron chi connectivity index (χ4n) is 3.02. The van der Waals surface area contributed by atoms with Crippen LogP contribution < -0.4 is 15.8 Å². The summed E-state index contributed by atoms with van der Waals surface area (Å²) in [5.74, 6) is 1.54. The van der Waals surface area contributed by atoms with Gasteiger partial charge in [0.2, 0.25) is 0 Å². The van der Waals surface area contributed by atoms with Crippen LogP contribution in [0.3, 0.4) is 0 Å². The number of hydrogen-bond acceptors (Lipinski definition) is 3. The highest BCUT2D eigenvalue weighted by Crippen LogP contribution is 2.26. The lowest BCUT2D eigenvalue weighted by atomic mass is 9.84. The molecular formula is C16H26N2O. The lowest BCUT2D eigenvalue weighted by Gasteiger charge is -2.34. The number of ether oxygens (including phenoxy) is 1. The molecule has 0 radical (unpaired) electrons. The van der Waals surface area contributed by atoms with E-state index in [9.17, 15) is 0 Å². The van der Waals surface area contributed by atoms with Gasteiger partial charge in [-0.2, -0.15) is 0 Å². The molecule has 1 aromatic carbocycles. The molecule has 3 atom stereocenters. The smallest absolute Gasteiger partial charge is 0.118 e. The van der Waals surface area contributed by atoms with E-state index in [-0.39, 0.29) is 0 Å². The van der Waals surface area contributed by atoms with Gasteiger partial charge in [0, 0.05) is 12.1 Å². The first kappa shape index (κ1) is 14.4. The monoisotopic (exact) mass is 262 g/mol. The first-order chi connectivity index (χ1) is 9.24. The van der Waals surface area contributed by atoms with Gasteiger partial charge in [-0.1, -0.05) is 25.0 Å². The van der Waals surface area contributed by atoms with Crippen LogP contribution in [0.2, 0.25) is 0 Å². The van der Waals surface area contributed by atoms with Gasteiger partial charge in [0.1, 0.15) is 5.75 Å². The van der Waals surface area contributed by atoms with Crippen LogP contribution in [0.15, 0.2) is 24.3 Å². The predicted molar refractivity (Wildman–Crippen MR) is 79.3 cm³/mol. The first-order valence-electron chi connectivity index (χ1n) is 7.34. The van der Waals surface area contributed by atoms with Crippen LogP contribution in [0.4, 0.5) is 0 Å². The zero-order valence-corrected chi connectivity index (χ0v) is 12.1. The Morgan fingerprint density at radius 3 is 2.58 bits per heavy atom. The number of methoxy groups -OCH3 is 1. The molecule has 1 aromatic rings. The largest absolute Gasteiger partial charge is 0.497 e. The molecule has 2 unspecified atom stereocenters. The van der Waals surface area contributed by atoms with Gasteiger partial charge >= 0.3 is 0 Å². The molecule has 0 bridgehead atoms. The highest BCUT2D eigenvalue weighted by atomic mass is 16.5. The second kappa shape index (κ2) is 6.92. The van der Waals surface area contributed by atoms with Crippen molar-refractivity contribution in [3.63, 3.8) is 0 Å². The Balaban J connectivity index is 1.96. The van der Waals surface area contributed by atoms with Crippen molar-refractivity contribution in [2.45, 2.75) is 44.7 Å². The zero-order chi connectivity index (χ0) is 13.7. The highest BCUT2D eigenvalue weighted by Gasteiger charge is 2.25. The quantitative estimate of drug-likeness (QED) is 0.858. The van der Waals surface area contributed by atoms with E-state index in [1.807, 2.05) is 12.1 Å². The summed E-state index contributed by atoms with van der Waals surface area (Å²) in [6.45, 7) is 3.02. The molecule has 3 heteroatoms. The van der Waals surface area contributed by atoms with E-state index in [4.69, 9.17) is 10.5 Å². The zero-order valence-electron chi connectivity index (χ0n) is 12.1. The van der Waals surface area contributed by atoms with Crippen LogP contribution in [-0.4, -0.2) is 19.7 Å². The third-order valence-corrected chi connectivity index (χ3v) is 4.29. The van der Waals surface area contributed by atoms with E-state index in [0.717, 1.165) is 12.3 Å². The van der Waals surface area contributed by atoms with Crippen LogP contribution in [0, 0.1) is 5.92 Å². The van der Waals surface area contributed by atoms with E-state index in [2.05, 4.69) is 24.4 Å². The minimum atomic E-state index is 0.364. The maximum Gasteiger partial charge on any atom is 0.118 e. The van der Waals surface area contributed by atoms with Gasteiger partial charge in [-0.3, -0.25) is 0 Å². The predicted octanol–water partition coefficient (Wildman–Crippen LogP) is 2.86. The molecule has 0 saturated heterocycles. The summed E-state index contributed by atoms with van der Waals surface area (Å²) in [6, 6.07) is 9.25. The summed E-state index contributed by atoms with van der Waals surface area (Å²) in [6.07, 6.45) is 5.17. The summed E-state index contributed by atoms with van der Waals surface area (Å²) >= 11 is 0. The van der Waals surface area contributed by atoms with Crippen molar-refractivity contribution < 1.29 is 4.74 Å². The van der Waals surface area contributed by atoms with Crippen molar-refractivity contribution in [1.82, 2.24) is 5.32 Å². The van der Waals surface area contributed by atoms with Crippen molar-refractivity contribution in [2.24, 2.45) is 11.7 Å². The van der Waals surface area contributed by atoms with Crippen molar-refractivity contribution in [3.05, 3.63) is 29.8 Å². The second-order valence-electron chi connectivity index (χ2n) is 5.55. The lowest BCUT2D eigenvalue weighted by molar-refractivity contribution is 0.252. The average molecular weight is 262 g/mol. The van der Waals surface area contributed by atoms with Crippen molar-refractivity contribution >= 4 is 0 Å². The van der Waals surface area contributed by atoms with E-state index in [0.29, 0.717) is 18.0 Å². The van der Waals surface area contributed by atoms with Gasteiger partial charge in [0.05, 0.1) is 7.11 Å². The minimum absolute atomic E-state index is 0.364. The molecule has 3 nitrogen and oxygen atoms in total. The normalized spacial score (nSPS) is 25.0. The summed E-state index contributed by atoms with van der Waals surface area (Å²) < 4.78 is 5.20. The number of benzene rings is 1. The molecule has 0 spiro atoms. The third-order valence-electron chi connectivity index (χ3n) is 4.29. The van der Waals surface area contributed by atoms with Gasteiger partial charge in [0.25, 0.3) is 0 Å². The molecule has 1 aliphatic carbocycles. The second-order valence-corrected chi connectivity index (χ2v) is 5.55. The fourth-order valence-corrected chi connectivity index (χ4v) is 3.02. The van der Waals surface area contributed by atoms with Crippen LogP contribution in [0.5, 0.6) is 5.75 Å². The Bertz CT molecular complexity index is 377. The van der Waals surface area contributed by atoms with Crippen LogP contribution >= 0.6 is 0 Å². The van der Waals surface area contributed by atoms with Crippen molar-refractivity contribution in [1.29, 1.82) is 0 Å². The Kier molecular flexibility index (Phi) is 5.23. The molecule has 0 amide bonds. The molecule has 1 aliphatic rings. The standard InChI is InChI=1S/C16H26N2O/c1-12(13-7-9-15(19-2)10-8-13)18-16-6-4-3-5-14(16)11-17/h7-10,12,14,16,18H,3-6,11,17H2,1-2H3/t12-,14?,16?/m1/s1. The SMILES string of the molecule is COc1ccc([C@@H](C)NC2CCCCC2CN)cc1. The van der Waals surface area contributed by atoms with Gasteiger partial charge in [0.15, 0.2) is 0 Å². The molecule has 3 N–H and O–H groups in total. The van der Waals surface area contributed by atoms with Crippen LogP contribution in [0.1, 0.15) is 44.2 Å². The lowest BCUT2D eigenvalue weighted by Crippen LogP contribution is -2.42. The fraction of sp³-hybridized carbons (Fsp3) is 0.625. The molecule has 2 rings (SSSR count). The topological polar surface area (TPSA) is 47.3 Å². The number of rotatable bonds is 5. The molecule has 0 aliphatic heterocycles. The highest BCUT2D eigenvalue weighted by molar-refractivity contribution is 5.28. The first-order valence-corrected chi connectivity index (χ1v) is 7.34. The van der Waals surface area contributed by atoms with Gasteiger partial charge in [-0.15, -0.1) is 0 Å². The summed E-state index contributed by atoms with van der Waals surface area (Å²) in [5.41, 5.74) is 7.20. The Morgan fingerprint density at radius 2 is 1.95 bits per heavy atom. The van der Waals surface area contributed by atoms with E-state index < -0.39 is 0 Å². The molecule has 0 aromatic heterocycles. The number of nitrogens with two attached hydrogens (primary N) is 1. The molecule has 19 heavy (non-hydrogen) atoms. The average Bonchev–Trinajstić information content (AvgIpc) is 2.48. The van der Waals surface area contributed by atoms with Crippen molar-refractivity contribution in [3.8, 4) is 5.75 Å². The molecular weight excluding hydrogens is 236 g/mol. The molecule has 1 saturated carbocycles. The van der Waals surface area contributed by atoms with Crippen LogP contribution in [-0.2, 0) is 0 Å². The Hall–Kier alpha value is -1.06. The van der Waals surface area contributed by atoms with E-state index in [1.54, 1.807) is 7.11 Å². The maximum absolute atomic E-state index is 5.89. The van der Waals surface area contributed by atoms with E-state index in [1.165, 1.54) is 31.2 Å². The van der Waals surface area contributed by atoms with E-state index >= 15 is 0 Å². The van der Waals surface area contributed by atoms with Gasteiger partial charge in [-0.05, 0) is 49.9 Å². The summed E-state index contributed by atoms with van der Waals surface area (Å²) in [7, 11) is 1.70. The molecule has 106 valence electrons. The summed E-state index contributed by atoms with van der Waals surface area (Å²) in [5, 5.41) is 3.75. The third kappa shape index (κ3) is 3.71. The molecule has 1 fully saturated rings. The Morgan fingerprint density at radius 1 is 1.26 bits per heavy atom. The van der Waals surface area contributed by atoms with Gasteiger partial charge in [-0.25, -0.2) is 0 Å². The van der Waals surface area contributed by atoms with Crippen molar-refractivity contribution in [2.75, 3.05) is 13.7 Å². The number of nitrogens with one attached hydrogen (secondary N) is 1. The maximum atomic E-state index is 5.89. The summed E-state index contributed by atoms with van der Waals surface area (Å²) in [4.78, 5) is 0. The molecule has 0 heterocycles. The Labute approximate surface area is 116 Å².